The fourth-order valence-corrected chi connectivity index (χ4v) is 1.87. The van der Waals surface area contributed by atoms with Gasteiger partial charge in [0.15, 0.2) is 0 Å². The summed E-state index contributed by atoms with van der Waals surface area (Å²) >= 11 is 0. The fourth-order valence-electron chi connectivity index (χ4n) is 1.87. The molecule has 2 aromatic rings. The zero-order valence-corrected chi connectivity index (χ0v) is 10.8. The summed E-state index contributed by atoms with van der Waals surface area (Å²) in [5.41, 5.74) is 0.836. The molecule has 0 saturated heterocycles. The van der Waals surface area contributed by atoms with E-state index in [1.54, 1.807) is 18.2 Å². The van der Waals surface area contributed by atoms with Crippen LogP contribution in [0.15, 0.2) is 18.2 Å². The largest absolute Gasteiger partial charge is 0.497 e. The maximum Gasteiger partial charge on any atom is 0.355 e. The van der Waals surface area contributed by atoms with Gasteiger partial charge in [-0.3, -0.25) is 0 Å². The lowest BCUT2D eigenvalue weighted by atomic mass is 10.1. The molecule has 0 saturated carbocycles. The van der Waals surface area contributed by atoms with Gasteiger partial charge in [-0.1, -0.05) is 0 Å². The summed E-state index contributed by atoms with van der Waals surface area (Å²) in [4.78, 5) is 26.4. The molecule has 1 N–H and O–H groups in total. The first-order chi connectivity index (χ1) is 9.12. The Balaban J connectivity index is 2.74. The Morgan fingerprint density at radius 3 is 2.32 bits per heavy atom. The monoisotopic (exact) mass is 263 g/mol. The first-order valence-electron chi connectivity index (χ1n) is 5.48. The number of methoxy groups -OCH3 is 3. The van der Waals surface area contributed by atoms with E-state index < -0.39 is 11.9 Å². The Morgan fingerprint density at radius 2 is 1.74 bits per heavy atom. The number of hydrogen-bond donors (Lipinski definition) is 1. The van der Waals surface area contributed by atoms with Gasteiger partial charge in [0, 0.05) is 10.9 Å². The molecule has 0 bridgehead atoms. The van der Waals surface area contributed by atoms with Gasteiger partial charge in [0.1, 0.15) is 11.4 Å². The van der Waals surface area contributed by atoms with Crippen LogP contribution in [0.3, 0.4) is 0 Å². The van der Waals surface area contributed by atoms with Crippen LogP contribution < -0.4 is 4.74 Å². The molecule has 100 valence electrons. The number of fused-ring (bicyclic) bond motifs is 1. The highest BCUT2D eigenvalue weighted by molar-refractivity contribution is 6.12. The predicted octanol–water partition coefficient (Wildman–Crippen LogP) is 1.75. The van der Waals surface area contributed by atoms with Crippen molar-refractivity contribution in [2.24, 2.45) is 0 Å². The van der Waals surface area contributed by atoms with E-state index in [1.165, 1.54) is 21.3 Å². The average Bonchev–Trinajstić information content (AvgIpc) is 2.83. The minimum absolute atomic E-state index is 0.0672. The zero-order valence-electron chi connectivity index (χ0n) is 10.8. The van der Waals surface area contributed by atoms with Crippen molar-refractivity contribution in [3.05, 3.63) is 29.5 Å². The maximum absolute atomic E-state index is 11.8. The lowest BCUT2D eigenvalue weighted by Crippen LogP contribution is -2.10. The van der Waals surface area contributed by atoms with Gasteiger partial charge >= 0.3 is 11.9 Å². The number of H-pyrrole nitrogens is 1. The van der Waals surface area contributed by atoms with Gasteiger partial charge in [-0.25, -0.2) is 9.59 Å². The first-order valence-corrected chi connectivity index (χ1v) is 5.48. The van der Waals surface area contributed by atoms with Crippen LogP contribution in [0, 0.1) is 0 Å². The van der Waals surface area contributed by atoms with Crippen LogP contribution in [0.2, 0.25) is 0 Å². The Labute approximate surface area is 109 Å². The second-order valence-electron chi connectivity index (χ2n) is 3.77. The highest BCUT2D eigenvalue weighted by atomic mass is 16.5. The highest BCUT2D eigenvalue weighted by Gasteiger charge is 2.24. The number of aromatic nitrogens is 1. The van der Waals surface area contributed by atoms with Gasteiger partial charge in [0.25, 0.3) is 0 Å². The molecule has 0 unspecified atom stereocenters. The third kappa shape index (κ3) is 2.12. The average molecular weight is 263 g/mol. The molecule has 0 amide bonds. The molecule has 0 fully saturated rings. The molecule has 0 spiro atoms. The van der Waals surface area contributed by atoms with Crippen molar-refractivity contribution in [1.82, 2.24) is 4.98 Å². The topological polar surface area (TPSA) is 77.6 Å². The number of nitrogens with one attached hydrogen (secondary N) is 1. The van der Waals surface area contributed by atoms with E-state index in [2.05, 4.69) is 9.72 Å². The van der Waals surface area contributed by atoms with E-state index in [0.717, 1.165) is 0 Å². The predicted molar refractivity (Wildman–Crippen MR) is 67.5 cm³/mol. The Hall–Kier alpha value is -2.50. The number of hydrogen-bond acceptors (Lipinski definition) is 5. The Kier molecular flexibility index (Phi) is 3.41. The Bertz CT molecular complexity index is 644. The van der Waals surface area contributed by atoms with Gasteiger partial charge in [-0.2, -0.15) is 0 Å². The first kappa shape index (κ1) is 12.9. The fraction of sp³-hybridized carbons (Fsp3) is 0.231. The second kappa shape index (κ2) is 5.01. The van der Waals surface area contributed by atoms with Crippen LogP contribution in [-0.2, 0) is 9.47 Å². The summed E-state index contributed by atoms with van der Waals surface area (Å²) in [5.74, 6) is -0.663. The lowest BCUT2D eigenvalue weighted by Gasteiger charge is -2.02. The molecule has 1 aromatic carbocycles. The summed E-state index contributed by atoms with van der Waals surface area (Å²) in [6, 6.07) is 5.10. The van der Waals surface area contributed by atoms with Gasteiger partial charge < -0.3 is 19.2 Å². The van der Waals surface area contributed by atoms with E-state index in [-0.39, 0.29) is 11.3 Å². The lowest BCUT2D eigenvalue weighted by molar-refractivity contribution is 0.0553. The minimum atomic E-state index is -0.629. The van der Waals surface area contributed by atoms with Crippen LogP contribution in [-0.4, -0.2) is 38.3 Å². The van der Waals surface area contributed by atoms with Crippen LogP contribution in [0.1, 0.15) is 20.8 Å². The molecule has 0 atom stereocenters. The van der Waals surface area contributed by atoms with Crippen molar-refractivity contribution < 1.29 is 23.8 Å². The molecule has 1 heterocycles. The molecule has 0 aliphatic rings. The number of carbonyl (C=O) groups is 2. The standard InChI is InChI=1S/C13H13NO5/c1-17-7-4-5-9-8(6-7)10(12(15)18-2)11(14-9)13(16)19-3/h4-6,14H,1-3H3. The van der Waals surface area contributed by atoms with E-state index in [1.807, 2.05) is 0 Å². The number of carbonyl (C=O) groups excluding carboxylic acids is 2. The van der Waals surface area contributed by atoms with E-state index in [4.69, 9.17) is 9.47 Å². The maximum atomic E-state index is 11.8. The van der Waals surface area contributed by atoms with Crippen LogP contribution in [0.25, 0.3) is 10.9 Å². The third-order valence-electron chi connectivity index (χ3n) is 2.78. The SMILES string of the molecule is COC(=O)c1[nH]c2ccc(OC)cc2c1C(=O)OC. The zero-order chi connectivity index (χ0) is 14.0. The molecule has 1 aromatic heterocycles. The summed E-state index contributed by atoms with van der Waals surface area (Å²) in [5, 5.41) is 0.548. The normalized spacial score (nSPS) is 10.3. The number of benzene rings is 1. The van der Waals surface area contributed by atoms with Crippen molar-refractivity contribution in [1.29, 1.82) is 0 Å². The van der Waals surface area contributed by atoms with Gasteiger partial charge in [-0.15, -0.1) is 0 Å². The van der Waals surface area contributed by atoms with Crippen molar-refractivity contribution in [2.45, 2.75) is 0 Å². The van der Waals surface area contributed by atoms with E-state index >= 15 is 0 Å². The van der Waals surface area contributed by atoms with Crippen LogP contribution in [0.5, 0.6) is 5.75 Å². The summed E-state index contributed by atoms with van der Waals surface area (Å²) < 4.78 is 14.5. The third-order valence-corrected chi connectivity index (χ3v) is 2.78. The second-order valence-corrected chi connectivity index (χ2v) is 3.77. The molecule has 0 radical (unpaired) electrons. The smallest absolute Gasteiger partial charge is 0.355 e. The van der Waals surface area contributed by atoms with Crippen LogP contribution >= 0.6 is 0 Å². The quantitative estimate of drug-likeness (QED) is 0.853. The van der Waals surface area contributed by atoms with E-state index in [0.29, 0.717) is 16.7 Å². The molecule has 6 nitrogen and oxygen atoms in total. The number of ether oxygens (including phenoxy) is 3. The summed E-state index contributed by atoms with van der Waals surface area (Å²) in [7, 11) is 4.02. The molecule has 19 heavy (non-hydrogen) atoms. The summed E-state index contributed by atoms with van der Waals surface area (Å²) in [6.07, 6.45) is 0. The van der Waals surface area contributed by atoms with Crippen molar-refractivity contribution >= 4 is 22.8 Å². The Morgan fingerprint density at radius 1 is 1.05 bits per heavy atom. The molecular formula is C13H13NO5. The minimum Gasteiger partial charge on any atom is -0.497 e. The number of rotatable bonds is 3. The van der Waals surface area contributed by atoms with Gasteiger partial charge in [-0.05, 0) is 18.2 Å². The number of esters is 2. The molecule has 6 heteroatoms. The van der Waals surface area contributed by atoms with Gasteiger partial charge in [0.2, 0.25) is 0 Å². The van der Waals surface area contributed by atoms with Crippen molar-refractivity contribution in [2.75, 3.05) is 21.3 Å². The van der Waals surface area contributed by atoms with Crippen molar-refractivity contribution in [3.63, 3.8) is 0 Å². The molecule has 0 aliphatic carbocycles. The highest BCUT2D eigenvalue weighted by Crippen LogP contribution is 2.27. The van der Waals surface area contributed by atoms with Crippen molar-refractivity contribution in [3.8, 4) is 5.75 Å². The number of aromatic amines is 1. The van der Waals surface area contributed by atoms with E-state index in [9.17, 15) is 9.59 Å². The summed E-state index contributed by atoms with van der Waals surface area (Å²) in [6.45, 7) is 0. The molecule has 2 rings (SSSR count). The molecular weight excluding hydrogens is 250 g/mol. The molecule has 0 aliphatic heterocycles. The van der Waals surface area contributed by atoms with Gasteiger partial charge in [0.05, 0.1) is 26.9 Å². The van der Waals surface area contributed by atoms with Crippen LogP contribution in [0.4, 0.5) is 0 Å².